The number of nitrogens with two attached hydrogens (primary N) is 1. The molecule has 0 bridgehead atoms. The Labute approximate surface area is 98.4 Å². The van der Waals surface area contributed by atoms with Gasteiger partial charge in [0, 0.05) is 17.8 Å². The zero-order valence-corrected chi connectivity index (χ0v) is 9.32. The molecule has 2 N–H and O–H groups in total. The van der Waals surface area contributed by atoms with Crippen molar-refractivity contribution in [3.05, 3.63) is 58.9 Å². The quantitative estimate of drug-likeness (QED) is 0.870. The summed E-state index contributed by atoms with van der Waals surface area (Å²) in [5, 5.41) is 0.700. The topological polar surface area (TPSA) is 48.0 Å². The fraction of sp³-hybridized carbons (Fsp3) is 0.0833. The third kappa shape index (κ3) is 2.25. The average Bonchev–Trinajstić information content (AvgIpc) is 2.69. The van der Waals surface area contributed by atoms with Crippen molar-refractivity contribution < 1.29 is 4.79 Å². The monoisotopic (exact) mass is 234 g/mol. The molecule has 1 aromatic carbocycles. The predicted molar refractivity (Wildman–Crippen MR) is 63.5 cm³/mol. The Balaban J connectivity index is 2.23. The molecule has 1 aromatic heterocycles. The van der Waals surface area contributed by atoms with E-state index in [9.17, 15) is 4.79 Å². The molecule has 0 atom stereocenters. The van der Waals surface area contributed by atoms with Crippen molar-refractivity contribution in [1.82, 2.24) is 4.57 Å². The molecule has 0 aliphatic heterocycles. The number of aromatic nitrogens is 1. The Hall–Kier alpha value is -1.74. The van der Waals surface area contributed by atoms with Crippen LogP contribution in [-0.2, 0) is 6.54 Å². The molecule has 16 heavy (non-hydrogen) atoms. The number of carbonyl (C=O) groups excluding carboxylic acids is 1. The lowest BCUT2D eigenvalue weighted by atomic mass is 10.2. The lowest BCUT2D eigenvalue weighted by Crippen LogP contribution is -2.16. The summed E-state index contributed by atoms with van der Waals surface area (Å²) in [6, 6.07) is 11.0. The molecule has 4 heteroatoms. The minimum absolute atomic E-state index is 0.418. The minimum atomic E-state index is -0.418. The first-order chi connectivity index (χ1) is 7.66. The summed E-state index contributed by atoms with van der Waals surface area (Å²) in [6.07, 6.45) is 1.83. The van der Waals surface area contributed by atoms with Crippen LogP contribution in [0.4, 0.5) is 0 Å². The summed E-state index contributed by atoms with van der Waals surface area (Å²) in [6.45, 7) is 0.614. The van der Waals surface area contributed by atoms with Crippen LogP contribution < -0.4 is 5.73 Å². The predicted octanol–water partition coefficient (Wildman–Crippen LogP) is 2.29. The first kappa shape index (κ1) is 10.8. The number of hydrogen-bond acceptors (Lipinski definition) is 1. The van der Waals surface area contributed by atoms with Gasteiger partial charge in [-0.15, -0.1) is 0 Å². The Morgan fingerprint density at radius 2 is 1.94 bits per heavy atom. The highest BCUT2D eigenvalue weighted by atomic mass is 35.5. The molecule has 0 saturated heterocycles. The van der Waals surface area contributed by atoms with Crippen LogP contribution in [0.3, 0.4) is 0 Å². The molecule has 0 spiro atoms. The Bertz CT molecular complexity index is 502. The second-order valence-corrected chi connectivity index (χ2v) is 3.95. The Morgan fingerprint density at radius 3 is 2.56 bits per heavy atom. The summed E-state index contributed by atoms with van der Waals surface area (Å²) in [5.74, 6) is -0.418. The summed E-state index contributed by atoms with van der Waals surface area (Å²) in [5.41, 5.74) is 6.84. The largest absolute Gasteiger partial charge is 0.364 e. The third-order valence-electron chi connectivity index (χ3n) is 2.35. The average molecular weight is 235 g/mol. The van der Waals surface area contributed by atoms with E-state index in [-0.39, 0.29) is 0 Å². The van der Waals surface area contributed by atoms with Gasteiger partial charge in [-0.2, -0.15) is 0 Å². The standard InChI is InChI=1S/C12H11ClN2O/c13-10-5-3-9(4-6-10)8-15-7-1-2-11(15)12(14)16/h1-7H,8H2,(H2,14,16). The molecule has 2 rings (SSSR count). The fourth-order valence-electron chi connectivity index (χ4n) is 1.56. The molecule has 0 unspecified atom stereocenters. The smallest absolute Gasteiger partial charge is 0.265 e. The lowest BCUT2D eigenvalue weighted by molar-refractivity contribution is 0.0992. The highest BCUT2D eigenvalue weighted by Crippen LogP contribution is 2.12. The van der Waals surface area contributed by atoms with Crippen LogP contribution in [-0.4, -0.2) is 10.5 Å². The van der Waals surface area contributed by atoms with Crippen molar-refractivity contribution in [2.45, 2.75) is 6.54 Å². The zero-order valence-electron chi connectivity index (χ0n) is 8.56. The van der Waals surface area contributed by atoms with Crippen molar-refractivity contribution in [3.63, 3.8) is 0 Å². The molecule has 1 amide bonds. The molecule has 2 aromatic rings. The highest BCUT2D eigenvalue weighted by molar-refractivity contribution is 6.30. The molecule has 0 radical (unpaired) electrons. The number of benzene rings is 1. The Morgan fingerprint density at radius 1 is 1.25 bits per heavy atom. The van der Waals surface area contributed by atoms with Gasteiger partial charge in [0.25, 0.3) is 5.91 Å². The van der Waals surface area contributed by atoms with E-state index < -0.39 is 5.91 Å². The van der Waals surface area contributed by atoms with Crippen molar-refractivity contribution in [1.29, 1.82) is 0 Å². The van der Waals surface area contributed by atoms with Gasteiger partial charge >= 0.3 is 0 Å². The maximum atomic E-state index is 11.1. The summed E-state index contributed by atoms with van der Waals surface area (Å²) < 4.78 is 1.81. The van der Waals surface area contributed by atoms with Crippen LogP contribution in [0.25, 0.3) is 0 Å². The molecule has 0 saturated carbocycles. The van der Waals surface area contributed by atoms with E-state index in [4.69, 9.17) is 17.3 Å². The number of carbonyl (C=O) groups is 1. The molecular weight excluding hydrogens is 224 g/mol. The van der Waals surface area contributed by atoms with E-state index in [2.05, 4.69) is 0 Å². The van der Waals surface area contributed by atoms with Gasteiger partial charge in [-0.05, 0) is 29.8 Å². The molecule has 3 nitrogen and oxygen atoms in total. The van der Waals surface area contributed by atoms with Gasteiger partial charge in [0.2, 0.25) is 0 Å². The summed E-state index contributed by atoms with van der Waals surface area (Å²) in [4.78, 5) is 11.1. The van der Waals surface area contributed by atoms with Gasteiger partial charge in [-0.3, -0.25) is 4.79 Å². The lowest BCUT2D eigenvalue weighted by Gasteiger charge is -2.06. The number of nitrogens with zero attached hydrogens (tertiary/aromatic N) is 1. The first-order valence-electron chi connectivity index (χ1n) is 4.86. The normalized spacial score (nSPS) is 10.3. The van der Waals surface area contributed by atoms with Gasteiger partial charge in [0.05, 0.1) is 0 Å². The van der Waals surface area contributed by atoms with E-state index in [0.29, 0.717) is 17.3 Å². The van der Waals surface area contributed by atoms with Gasteiger partial charge in [-0.1, -0.05) is 23.7 Å². The number of hydrogen-bond donors (Lipinski definition) is 1. The van der Waals surface area contributed by atoms with E-state index >= 15 is 0 Å². The van der Waals surface area contributed by atoms with Crippen LogP contribution in [0.5, 0.6) is 0 Å². The van der Waals surface area contributed by atoms with E-state index in [0.717, 1.165) is 5.56 Å². The fourth-order valence-corrected chi connectivity index (χ4v) is 1.69. The van der Waals surface area contributed by atoms with E-state index in [1.54, 1.807) is 12.1 Å². The number of rotatable bonds is 3. The number of halogens is 1. The Kier molecular flexibility index (Phi) is 2.97. The second-order valence-electron chi connectivity index (χ2n) is 3.51. The summed E-state index contributed by atoms with van der Waals surface area (Å²) >= 11 is 5.79. The van der Waals surface area contributed by atoms with Gasteiger partial charge in [-0.25, -0.2) is 0 Å². The van der Waals surface area contributed by atoms with Crippen molar-refractivity contribution >= 4 is 17.5 Å². The van der Waals surface area contributed by atoms with E-state index in [1.807, 2.05) is 35.0 Å². The highest BCUT2D eigenvalue weighted by Gasteiger charge is 2.06. The molecule has 0 aliphatic rings. The van der Waals surface area contributed by atoms with Crippen molar-refractivity contribution in [2.24, 2.45) is 5.73 Å². The van der Waals surface area contributed by atoms with Crippen LogP contribution in [0.2, 0.25) is 5.02 Å². The van der Waals surface area contributed by atoms with Gasteiger partial charge in [0.15, 0.2) is 0 Å². The third-order valence-corrected chi connectivity index (χ3v) is 2.60. The maximum Gasteiger partial charge on any atom is 0.265 e. The maximum absolute atomic E-state index is 11.1. The van der Waals surface area contributed by atoms with Crippen LogP contribution in [0.1, 0.15) is 16.1 Å². The minimum Gasteiger partial charge on any atom is -0.364 e. The molecular formula is C12H11ClN2O. The molecule has 1 heterocycles. The van der Waals surface area contributed by atoms with Crippen molar-refractivity contribution in [3.8, 4) is 0 Å². The number of primary amides is 1. The van der Waals surface area contributed by atoms with Crippen molar-refractivity contribution in [2.75, 3.05) is 0 Å². The van der Waals surface area contributed by atoms with Gasteiger partial charge in [0.1, 0.15) is 5.69 Å². The van der Waals surface area contributed by atoms with Crippen LogP contribution >= 0.6 is 11.6 Å². The zero-order chi connectivity index (χ0) is 11.5. The van der Waals surface area contributed by atoms with Crippen LogP contribution in [0, 0.1) is 0 Å². The first-order valence-corrected chi connectivity index (χ1v) is 5.24. The van der Waals surface area contributed by atoms with Gasteiger partial charge < -0.3 is 10.3 Å². The SMILES string of the molecule is NC(=O)c1cccn1Cc1ccc(Cl)cc1. The molecule has 0 fully saturated rings. The van der Waals surface area contributed by atoms with Crippen LogP contribution in [0.15, 0.2) is 42.6 Å². The molecule has 82 valence electrons. The number of amides is 1. The summed E-state index contributed by atoms with van der Waals surface area (Å²) in [7, 11) is 0. The van der Waals surface area contributed by atoms with E-state index in [1.165, 1.54) is 0 Å². The molecule has 0 aliphatic carbocycles. The second kappa shape index (κ2) is 4.41.